The van der Waals surface area contributed by atoms with Crippen molar-refractivity contribution in [3.63, 3.8) is 0 Å². The Hall–Kier alpha value is -2.09. The van der Waals surface area contributed by atoms with Gasteiger partial charge in [0.1, 0.15) is 6.10 Å². The van der Waals surface area contributed by atoms with Gasteiger partial charge in [0.2, 0.25) is 0 Å². The van der Waals surface area contributed by atoms with Gasteiger partial charge in [0.15, 0.2) is 0 Å². The number of aryl methyl sites for hydroxylation is 1. The van der Waals surface area contributed by atoms with Crippen LogP contribution in [0.3, 0.4) is 0 Å². The molecule has 1 aromatic carbocycles. The van der Waals surface area contributed by atoms with Crippen LogP contribution >= 0.6 is 0 Å². The second kappa shape index (κ2) is 6.60. The third kappa shape index (κ3) is 3.45. The first-order chi connectivity index (χ1) is 8.60. The van der Waals surface area contributed by atoms with Gasteiger partial charge in [-0.2, -0.15) is 0 Å². The Morgan fingerprint density at radius 1 is 1.33 bits per heavy atom. The van der Waals surface area contributed by atoms with Crippen LogP contribution < -0.4 is 0 Å². The molecule has 0 aliphatic rings. The van der Waals surface area contributed by atoms with Gasteiger partial charge < -0.3 is 4.74 Å². The molecule has 0 aliphatic carbocycles. The van der Waals surface area contributed by atoms with Crippen molar-refractivity contribution in [2.24, 2.45) is 0 Å². The molecule has 0 saturated heterocycles. The summed E-state index contributed by atoms with van der Waals surface area (Å²) in [6.45, 7) is 11.0. The molecule has 0 heterocycles. The minimum absolute atomic E-state index is 0.322. The highest BCUT2D eigenvalue weighted by Crippen LogP contribution is 2.14. The van der Waals surface area contributed by atoms with E-state index in [1.54, 1.807) is 24.3 Å². The third-order valence-corrected chi connectivity index (χ3v) is 2.66. The zero-order chi connectivity index (χ0) is 13.5. The topological polar surface area (TPSA) is 26.3 Å². The van der Waals surface area contributed by atoms with Gasteiger partial charge in [0, 0.05) is 0 Å². The summed E-state index contributed by atoms with van der Waals surface area (Å²) < 4.78 is 5.40. The summed E-state index contributed by atoms with van der Waals surface area (Å²) in [7, 11) is 0. The number of carbonyl (C=O) groups excluding carboxylic acids is 1. The Balaban J connectivity index is 2.83. The molecule has 94 valence electrons. The van der Waals surface area contributed by atoms with Crippen molar-refractivity contribution in [2.45, 2.75) is 20.0 Å². The van der Waals surface area contributed by atoms with Crippen LogP contribution in [0.1, 0.15) is 22.8 Å². The van der Waals surface area contributed by atoms with E-state index in [0.29, 0.717) is 5.56 Å². The second-order valence-electron chi connectivity index (χ2n) is 3.97. The highest BCUT2D eigenvalue weighted by molar-refractivity contribution is 5.91. The number of rotatable bonds is 5. The van der Waals surface area contributed by atoms with E-state index in [2.05, 4.69) is 13.2 Å². The second-order valence-corrected chi connectivity index (χ2v) is 3.97. The molecule has 1 atom stereocenters. The maximum Gasteiger partial charge on any atom is 0.338 e. The Kier molecular flexibility index (Phi) is 5.12. The van der Waals surface area contributed by atoms with E-state index in [1.165, 1.54) is 0 Å². The van der Waals surface area contributed by atoms with Crippen molar-refractivity contribution in [1.82, 2.24) is 0 Å². The first-order valence-corrected chi connectivity index (χ1v) is 5.81. The molecule has 0 aromatic heterocycles. The molecule has 1 unspecified atom stereocenters. The zero-order valence-corrected chi connectivity index (χ0v) is 10.8. The van der Waals surface area contributed by atoms with Gasteiger partial charge in [0.05, 0.1) is 5.56 Å². The zero-order valence-electron chi connectivity index (χ0n) is 10.8. The van der Waals surface area contributed by atoms with Gasteiger partial charge in [-0.1, -0.05) is 49.6 Å². The molecular formula is C16H18O2. The Morgan fingerprint density at radius 2 is 2.00 bits per heavy atom. The van der Waals surface area contributed by atoms with Crippen molar-refractivity contribution in [1.29, 1.82) is 0 Å². The summed E-state index contributed by atoms with van der Waals surface area (Å²) >= 11 is 0. The third-order valence-electron chi connectivity index (χ3n) is 2.66. The largest absolute Gasteiger partial charge is 0.454 e. The monoisotopic (exact) mass is 242 g/mol. The molecule has 0 radical (unpaired) electrons. The molecule has 0 fully saturated rings. The highest BCUT2D eigenvalue weighted by Gasteiger charge is 2.15. The summed E-state index contributed by atoms with van der Waals surface area (Å²) in [5.41, 5.74) is 2.32. The van der Waals surface area contributed by atoms with Gasteiger partial charge in [-0.3, -0.25) is 0 Å². The minimum atomic E-state index is -0.340. The molecule has 18 heavy (non-hydrogen) atoms. The fourth-order valence-electron chi connectivity index (χ4n) is 1.60. The molecule has 2 nitrogen and oxygen atoms in total. The van der Waals surface area contributed by atoms with Gasteiger partial charge >= 0.3 is 5.97 Å². The van der Waals surface area contributed by atoms with Crippen molar-refractivity contribution in [3.05, 3.63) is 72.4 Å². The van der Waals surface area contributed by atoms with Crippen LogP contribution in [-0.4, -0.2) is 12.1 Å². The molecule has 1 aromatic rings. The molecule has 1 rings (SSSR count). The van der Waals surface area contributed by atoms with Gasteiger partial charge in [-0.05, 0) is 31.1 Å². The van der Waals surface area contributed by atoms with Crippen molar-refractivity contribution in [2.75, 3.05) is 0 Å². The average molecular weight is 242 g/mol. The van der Waals surface area contributed by atoms with Crippen LogP contribution in [0.15, 0.2) is 61.2 Å². The Bertz CT molecular complexity index is 484. The lowest BCUT2D eigenvalue weighted by Crippen LogP contribution is -2.17. The van der Waals surface area contributed by atoms with E-state index >= 15 is 0 Å². The lowest BCUT2D eigenvalue weighted by molar-refractivity contribution is 0.0411. The molecule has 0 N–H and O–H groups in total. The highest BCUT2D eigenvalue weighted by atomic mass is 16.5. The smallest absolute Gasteiger partial charge is 0.338 e. The Morgan fingerprint density at radius 3 is 2.56 bits per heavy atom. The van der Waals surface area contributed by atoms with Crippen LogP contribution in [0.5, 0.6) is 0 Å². The maximum atomic E-state index is 12.0. The van der Waals surface area contributed by atoms with Crippen LogP contribution in [0, 0.1) is 6.92 Å². The van der Waals surface area contributed by atoms with Gasteiger partial charge in [-0.25, -0.2) is 4.79 Å². The van der Waals surface area contributed by atoms with Crippen molar-refractivity contribution >= 4 is 5.97 Å². The summed E-state index contributed by atoms with van der Waals surface area (Å²) in [4.78, 5) is 12.0. The van der Waals surface area contributed by atoms with E-state index in [-0.39, 0.29) is 12.1 Å². The maximum absolute atomic E-state index is 12.0. The number of carbonyl (C=O) groups is 1. The van der Waals surface area contributed by atoms with Crippen molar-refractivity contribution in [3.8, 4) is 0 Å². The lowest BCUT2D eigenvalue weighted by atomic mass is 10.1. The summed E-state index contributed by atoms with van der Waals surface area (Å²) in [5, 5.41) is 0. The minimum Gasteiger partial charge on any atom is -0.454 e. The molecule has 0 amide bonds. The lowest BCUT2D eigenvalue weighted by Gasteiger charge is -2.15. The quantitative estimate of drug-likeness (QED) is 0.579. The number of allylic oxidation sites excluding steroid dienone is 2. The normalized spacial score (nSPS) is 12.7. The number of ether oxygens (including phenoxy) is 1. The number of hydrogen-bond acceptors (Lipinski definition) is 2. The standard InChI is InChI=1S/C16H18O2/c1-5-9-14(6-2)13(4)18-16(17)15-11-8-7-10-12(15)3/h5-11,13H,1-2H2,3-4H3/b14-9+. The first-order valence-electron chi connectivity index (χ1n) is 5.81. The fourth-order valence-corrected chi connectivity index (χ4v) is 1.60. The number of hydrogen-bond donors (Lipinski definition) is 0. The fraction of sp³-hybridized carbons (Fsp3) is 0.188. The molecule has 2 heteroatoms. The van der Waals surface area contributed by atoms with Crippen LogP contribution in [0.25, 0.3) is 0 Å². The molecule has 0 spiro atoms. The number of esters is 1. The summed E-state index contributed by atoms with van der Waals surface area (Å²) in [6.07, 6.45) is 4.75. The average Bonchev–Trinajstić information content (AvgIpc) is 2.36. The van der Waals surface area contributed by atoms with E-state index in [9.17, 15) is 4.79 Å². The predicted octanol–water partition coefficient (Wildman–Crippen LogP) is 3.84. The van der Waals surface area contributed by atoms with Crippen LogP contribution in [0.2, 0.25) is 0 Å². The molecule has 0 saturated carbocycles. The first kappa shape index (κ1) is 14.0. The molecule has 0 bridgehead atoms. The van der Waals surface area contributed by atoms with Crippen LogP contribution in [0.4, 0.5) is 0 Å². The summed E-state index contributed by atoms with van der Waals surface area (Å²) in [5.74, 6) is -0.322. The van der Waals surface area contributed by atoms with E-state index < -0.39 is 0 Å². The van der Waals surface area contributed by atoms with E-state index in [0.717, 1.165) is 11.1 Å². The van der Waals surface area contributed by atoms with E-state index in [1.807, 2.05) is 32.0 Å². The van der Waals surface area contributed by atoms with Gasteiger partial charge in [0.25, 0.3) is 0 Å². The molecular weight excluding hydrogens is 224 g/mol. The van der Waals surface area contributed by atoms with Crippen molar-refractivity contribution < 1.29 is 9.53 Å². The predicted molar refractivity (Wildman–Crippen MR) is 74.5 cm³/mol. The van der Waals surface area contributed by atoms with E-state index in [4.69, 9.17) is 4.74 Å². The molecule has 0 aliphatic heterocycles. The van der Waals surface area contributed by atoms with Gasteiger partial charge in [-0.15, -0.1) is 0 Å². The number of benzene rings is 1. The van der Waals surface area contributed by atoms with Crippen LogP contribution in [-0.2, 0) is 4.74 Å². The Labute approximate surface area is 108 Å². The summed E-state index contributed by atoms with van der Waals surface area (Å²) in [6, 6.07) is 7.36. The SMILES string of the molecule is C=C/C=C(\C=C)C(C)OC(=O)c1ccccc1C.